The van der Waals surface area contributed by atoms with Crippen LogP contribution >= 0.6 is 0 Å². The maximum atomic E-state index is 14.3. The van der Waals surface area contributed by atoms with Gasteiger partial charge >= 0.3 is 0 Å². The average molecular weight is 504 g/mol. The van der Waals surface area contributed by atoms with Gasteiger partial charge in [0.1, 0.15) is 17.3 Å². The first-order valence-corrected chi connectivity index (χ1v) is 12.4. The zero-order valence-electron chi connectivity index (χ0n) is 21.0. The predicted molar refractivity (Wildman–Crippen MR) is 140 cm³/mol. The molecule has 5 rings (SSSR count). The van der Waals surface area contributed by atoms with Crippen LogP contribution < -0.4 is 19.3 Å². The highest BCUT2D eigenvalue weighted by Gasteiger charge is 2.47. The lowest BCUT2D eigenvalue weighted by Gasteiger charge is -2.38. The molecule has 2 aliphatic heterocycles. The summed E-state index contributed by atoms with van der Waals surface area (Å²) in [4.78, 5) is 32.7. The van der Waals surface area contributed by atoms with Crippen LogP contribution in [0.25, 0.3) is 0 Å². The highest BCUT2D eigenvalue weighted by molar-refractivity contribution is 6.01. The Kier molecular flexibility index (Phi) is 6.99. The highest BCUT2D eigenvalue weighted by Crippen LogP contribution is 2.43. The molecule has 2 heterocycles. The van der Waals surface area contributed by atoms with E-state index < -0.39 is 12.0 Å². The third kappa shape index (κ3) is 4.83. The van der Waals surface area contributed by atoms with Gasteiger partial charge in [-0.25, -0.2) is 4.39 Å². The summed E-state index contributed by atoms with van der Waals surface area (Å²) in [7, 11) is 3.20. The Morgan fingerprint density at radius 1 is 0.838 bits per heavy atom. The summed E-state index contributed by atoms with van der Waals surface area (Å²) in [5.74, 6) is 0.432. The number of hydrogen-bond acceptors (Lipinski definition) is 5. The van der Waals surface area contributed by atoms with Crippen LogP contribution in [0.1, 0.15) is 18.0 Å². The van der Waals surface area contributed by atoms with Crippen LogP contribution in [-0.4, -0.2) is 57.1 Å². The lowest BCUT2D eigenvalue weighted by atomic mass is 9.91. The third-order valence-electron chi connectivity index (χ3n) is 7.23. The Balaban J connectivity index is 1.40. The standard InChI is InChI=1S/C29H30FN3O4/c1-36-22-11-7-20(8-12-22)28-24(19-27(34)33(28)21-9-13-23(37-2)14-10-21)29(35)32-17-15-31(16-18-32)26-6-4-3-5-25(26)30/h3-14,24,28H,15-19H2,1-2H3/t24-,28-/m0/s1. The van der Waals surface area contributed by atoms with E-state index in [1.165, 1.54) is 6.07 Å². The maximum absolute atomic E-state index is 14.3. The second-order valence-electron chi connectivity index (χ2n) is 9.25. The zero-order chi connectivity index (χ0) is 25.9. The Bertz CT molecular complexity index is 1260. The smallest absolute Gasteiger partial charge is 0.228 e. The van der Waals surface area contributed by atoms with Crippen molar-refractivity contribution < 1.29 is 23.5 Å². The Morgan fingerprint density at radius 3 is 2.03 bits per heavy atom. The molecule has 2 fully saturated rings. The van der Waals surface area contributed by atoms with Crippen LogP contribution in [0.5, 0.6) is 11.5 Å². The Labute approximate surface area is 216 Å². The fourth-order valence-corrected chi connectivity index (χ4v) is 5.30. The van der Waals surface area contributed by atoms with E-state index in [1.54, 1.807) is 31.3 Å². The topological polar surface area (TPSA) is 62.3 Å². The van der Waals surface area contributed by atoms with Gasteiger partial charge in [-0.1, -0.05) is 24.3 Å². The van der Waals surface area contributed by atoms with Gasteiger partial charge < -0.3 is 24.2 Å². The number of para-hydroxylation sites is 1. The lowest BCUT2D eigenvalue weighted by molar-refractivity contribution is -0.136. The average Bonchev–Trinajstić information content (AvgIpc) is 3.30. The van der Waals surface area contributed by atoms with E-state index in [1.807, 2.05) is 64.4 Å². The molecular weight excluding hydrogens is 473 g/mol. The van der Waals surface area contributed by atoms with Gasteiger partial charge in [0.05, 0.1) is 31.9 Å². The molecule has 7 nitrogen and oxygen atoms in total. The van der Waals surface area contributed by atoms with E-state index in [9.17, 15) is 14.0 Å². The molecule has 2 amide bonds. The molecule has 0 aromatic heterocycles. The number of halogens is 1. The number of amides is 2. The van der Waals surface area contributed by atoms with Crippen LogP contribution in [0.4, 0.5) is 15.8 Å². The monoisotopic (exact) mass is 503 g/mol. The SMILES string of the molecule is COc1ccc([C@H]2[C@@H](C(=O)N3CCN(c4ccccc4F)CC3)CC(=O)N2c2ccc(OC)cc2)cc1. The van der Waals surface area contributed by atoms with Crippen molar-refractivity contribution in [3.05, 3.63) is 84.2 Å². The largest absolute Gasteiger partial charge is 0.497 e. The van der Waals surface area contributed by atoms with Gasteiger partial charge in [0.25, 0.3) is 0 Å². The molecule has 0 unspecified atom stereocenters. The number of hydrogen-bond donors (Lipinski definition) is 0. The minimum Gasteiger partial charge on any atom is -0.497 e. The summed E-state index contributed by atoms with van der Waals surface area (Å²) in [6.45, 7) is 2.00. The Morgan fingerprint density at radius 2 is 1.43 bits per heavy atom. The number of anilines is 2. The van der Waals surface area contributed by atoms with Gasteiger partial charge in [0.15, 0.2) is 0 Å². The number of carbonyl (C=O) groups is 2. The molecular formula is C29H30FN3O4. The third-order valence-corrected chi connectivity index (χ3v) is 7.23. The van der Waals surface area contributed by atoms with Crippen molar-refractivity contribution in [3.8, 4) is 11.5 Å². The number of piperazine rings is 1. The Hall–Kier alpha value is -4.07. The van der Waals surface area contributed by atoms with Crippen molar-refractivity contribution in [1.29, 1.82) is 0 Å². The van der Waals surface area contributed by atoms with Crippen LogP contribution in [0.15, 0.2) is 72.8 Å². The van der Waals surface area contributed by atoms with Crippen molar-refractivity contribution in [2.24, 2.45) is 5.92 Å². The first-order chi connectivity index (χ1) is 18.0. The van der Waals surface area contributed by atoms with E-state index in [-0.39, 0.29) is 24.1 Å². The number of nitrogens with zero attached hydrogens (tertiary/aromatic N) is 3. The number of methoxy groups -OCH3 is 2. The number of benzene rings is 3. The summed E-state index contributed by atoms with van der Waals surface area (Å²) < 4.78 is 24.9. The van der Waals surface area contributed by atoms with E-state index >= 15 is 0 Å². The lowest BCUT2D eigenvalue weighted by Crippen LogP contribution is -2.51. The van der Waals surface area contributed by atoms with Gasteiger partial charge in [-0.3, -0.25) is 9.59 Å². The summed E-state index contributed by atoms with van der Waals surface area (Å²) >= 11 is 0. The fourth-order valence-electron chi connectivity index (χ4n) is 5.30. The molecule has 3 aromatic carbocycles. The molecule has 0 N–H and O–H groups in total. The predicted octanol–water partition coefficient (Wildman–Crippen LogP) is 4.29. The summed E-state index contributed by atoms with van der Waals surface area (Å²) in [6.07, 6.45) is 0.120. The number of rotatable bonds is 6. The first-order valence-electron chi connectivity index (χ1n) is 12.4. The molecule has 0 radical (unpaired) electrons. The fraction of sp³-hybridized carbons (Fsp3) is 0.310. The van der Waals surface area contributed by atoms with Crippen LogP contribution in [0.3, 0.4) is 0 Å². The van der Waals surface area contributed by atoms with Gasteiger partial charge in [-0.05, 0) is 54.1 Å². The van der Waals surface area contributed by atoms with Gasteiger partial charge in [-0.15, -0.1) is 0 Å². The summed E-state index contributed by atoms with van der Waals surface area (Å²) in [5, 5.41) is 0. The van der Waals surface area contributed by atoms with Crippen molar-refractivity contribution in [2.75, 3.05) is 50.2 Å². The molecule has 2 atom stereocenters. The van der Waals surface area contributed by atoms with Crippen LogP contribution in [0.2, 0.25) is 0 Å². The summed E-state index contributed by atoms with van der Waals surface area (Å²) in [5.41, 5.74) is 2.13. The highest BCUT2D eigenvalue weighted by atomic mass is 19.1. The maximum Gasteiger partial charge on any atom is 0.228 e. The molecule has 37 heavy (non-hydrogen) atoms. The van der Waals surface area contributed by atoms with E-state index in [0.717, 1.165) is 5.56 Å². The molecule has 8 heteroatoms. The molecule has 0 aliphatic carbocycles. The normalized spacial score (nSPS) is 19.8. The van der Waals surface area contributed by atoms with Crippen molar-refractivity contribution in [3.63, 3.8) is 0 Å². The molecule has 0 saturated carbocycles. The van der Waals surface area contributed by atoms with Crippen LogP contribution in [-0.2, 0) is 9.59 Å². The van der Waals surface area contributed by atoms with E-state index in [4.69, 9.17) is 9.47 Å². The van der Waals surface area contributed by atoms with E-state index in [0.29, 0.717) is 49.1 Å². The van der Waals surface area contributed by atoms with Crippen molar-refractivity contribution in [1.82, 2.24) is 4.90 Å². The summed E-state index contributed by atoms with van der Waals surface area (Å²) in [6, 6.07) is 21.1. The van der Waals surface area contributed by atoms with Gasteiger partial charge in [0, 0.05) is 38.3 Å². The second kappa shape index (κ2) is 10.5. The molecule has 3 aromatic rings. The molecule has 2 saturated heterocycles. The quantitative estimate of drug-likeness (QED) is 0.502. The minimum atomic E-state index is -0.539. The zero-order valence-corrected chi connectivity index (χ0v) is 21.0. The number of carbonyl (C=O) groups excluding carboxylic acids is 2. The van der Waals surface area contributed by atoms with Crippen LogP contribution in [0, 0.1) is 11.7 Å². The van der Waals surface area contributed by atoms with Gasteiger partial charge in [0.2, 0.25) is 11.8 Å². The minimum absolute atomic E-state index is 0.0571. The molecule has 192 valence electrons. The molecule has 2 aliphatic rings. The van der Waals surface area contributed by atoms with Crippen molar-refractivity contribution in [2.45, 2.75) is 12.5 Å². The molecule has 0 bridgehead atoms. The number of ether oxygens (including phenoxy) is 2. The van der Waals surface area contributed by atoms with Crippen molar-refractivity contribution >= 4 is 23.2 Å². The van der Waals surface area contributed by atoms with E-state index in [2.05, 4.69) is 0 Å². The van der Waals surface area contributed by atoms with Gasteiger partial charge in [-0.2, -0.15) is 0 Å². The second-order valence-corrected chi connectivity index (χ2v) is 9.25. The first kappa shape index (κ1) is 24.6. The molecule has 0 spiro atoms.